The molecule has 1 aliphatic rings. The van der Waals surface area contributed by atoms with Gasteiger partial charge in [0.05, 0.1) is 25.5 Å². The fraction of sp³-hybridized carbons (Fsp3) is 0.350. The van der Waals surface area contributed by atoms with E-state index in [4.69, 9.17) is 9.47 Å². The number of amides is 1. The van der Waals surface area contributed by atoms with Gasteiger partial charge in [0, 0.05) is 31.4 Å². The number of sulfonamides is 1. The van der Waals surface area contributed by atoms with Gasteiger partial charge in [0.15, 0.2) is 0 Å². The summed E-state index contributed by atoms with van der Waals surface area (Å²) < 4.78 is 36.6. The Hall–Kier alpha value is -2.98. The first kappa shape index (κ1) is 21.7. The lowest BCUT2D eigenvalue weighted by molar-refractivity contribution is -0.120. The highest BCUT2D eigenvalue weighted by Gasteiger charge is 2.32. The third kappa shape index (κ3) is 4.60. The van der Waals surface area contributed by atoms with E-state index >= 15 is 0 Å². The number of esters is 1. The van der Waals surface area contributed by atoms with Gasteiger partial charge in [0.2, 0.25) is 15.9 Å². The molecule has 0 spiro atoms. The minimum Gasteiger partial charge on any atom is -0.497 e. The first-order chi connectivity index (χ1) is 14.4. The first-order valence-electron chi connectivity index (χ1n) is 9.34. The standard InChI is InChI=1S/C20H23N3O6S/c1-28-15-5-6-18(17(12-15)20(25)29-2)22-19(24)14-7-10-23(11-8-14)30(26,27)16-4-3-9-21-13-16/h3-6,9,12-14H,7-8,10-11H2,1-2H3,(H,22,24). The highest BCUT2D eigenvalue weighted by molar-refractivity contribution is 7.89. The molecular weight excluding hydrogens is 410 g/mol. The summed E-state index contributed by atoms with van der Waals surface area (Å²) in [4.78, 5) is 28.8. The van der Waals surface area contributed by atoms with E-state index in [0.717, 1.165) is 0 Å². The Balaban J connectivity index is 1.67. The second kappa shape index (κ2) is 9.23. The van der Waals surface area contributed by atoms with Crippen LogP contribution in [0.3, 0.4) is 0 Å². The van der Waals surface area contributed by atoms with E-state index in [2.05, 4.69) is 10.3 Å². The van der Waals surface area contributed by atoms with Crippen molar-refractivity contribution in [3.05, 3.63) is 48.3 Å². The molecule has 1 N–H and O–H groups in total. The lowest BCUT2D eigenvalue weighted by Gasteiger charge is -2.30. The highest BCUT2D eigenvalue weighted by atomic mass is 32.2. The molecule has 1 aliphatic heterocycles. The molecule has 2 heterocycles. The van der Waals surface area contributed by atoms with Crippen molar-refractivity contribution in [1.82, 2.24) is 9.29 Å². The average Bonchev–Trinajstić information content (AvgIpc) is 2.79. The van der Waals surface area contributed by atoms with Crippen molar-refractivity contribution in [2.75, 3.05) is 32.6 Å². The van der Waals surface area contributed by atoms with Crippen LogP contribution in [0.2, 0.25) is 0 Å². The lowest BCUT2D eigenvalue weighted by atomic mass is 9.97. The summed E-state index contributed by atoms with van der Waals surface area (Å²) in [5, 5.41) is 2.76. The van der Waals surface area contributed by atoms with Crippen molar-refractivity contribution >= 4 is 27.6 Å². The van der Waals surface area contributed by atoms with Gasteiger partial charge in [-0.25, -0.2) is 13.2 Å². The SMILES string of the molecule is COC(=O)c1cc(OC)ccc1NC(=O)C1CCN(S(=O)(=O)c2cccnc2)CC1. The maximum absolute atomic E-state index is 12.7. The number of hydrogen-bond donors (Lipinski definition) is 1. The minimum absolute atomic E-state index is 0.133. The van der Waals surface area contributed by atoms with Crippen LogP contribution in [0.1, 0.15) is 23.2 Å². The molecule has 30 heavy (non-hydrogen) atoms. The van der Waals surface area contributed by atoms with Crippen LogP contribution in [0, 0.1) is 5.92 Å². The number of pyridine rings is 1. The van der Waals surface area contributed by atoms with Crippen molar-refractivity contribution in [2.24, 2.45) is 5.92 Å². The number of nitrogens with zero attached hydrogens (tertiary/aromatic N) is 2. The van der Waals surface area contributed by atoms with Gasteiger partial charge >= 0.3 is 5.97 Å². The summed E-state index contributed by atoms with van der Waals surface area (Å²) in [6.07, 6.45) is 3.56. The monoisotopic (exact) mass is 433 g/mol. The Bertz CT molecular complexity index is 1020. The molecule has 0 saturated carbocycles. The fourth-order valence-electron chi connectivity index (χ4n) is 3.28. The van der Waals surface area contributed by atoms with Gasteiger partial charge in [-0.1, -0.05) is 0 Å². The molecule has 0 bridgehead atoms. The number of anilines is 1. The molecule has 1 fully saturated rings. The Morgan fingerprint density at radius 3 is 2.50 bits per heavy atom. The fourth-order valence-corrected chi connectivity index (χ4v) is 4.71. The third-order valence-electron chi connectivity index (χ3n) is 4.99. The Morgan fingerprint density at radius 1 is 1.17 bits per heavy atom. The van der Waals surface area contributed by atoms with Crippen molar-refractivity contribution in [1.29, 1.82) is 0 Å². The zero-order valence-electron chi connectivity index (χ0n) is 16.7. The number of nitrogens with one attached hydrogen (secondary N) is 1. The number of carbonyl (C=O) groups is 2. The predicted octanol–water partition coefficient (Wildman–Crippen LogP) is 1.92. The summed E-state index contributed by atoms with van der Waals surface area (Å²) in [5.41, 5.74) is 0.500. The number of ether oxygens (including phenoxy) is 2. The predicted molar refractivity (Wildman–Crippen MR) is 109 cm³/mol. The average molecular weight is 433 g/mol. The maximum atomic E-state index is 12.7. The van der Waals surface area contributed by atoms with Crippen LogP contribution in [0.15, 0.2) is 47.6 Å². The van der Waals surface area contributed by atoms with Crippen molar-refractivity contribution in [2.45, 2.75) is 17.7 Å². The van der Waals surface area contributed by atoms with Crippen LogP contribution in [-0.2, 0) is 19.6 Å². The van der Waals surface area contributed by atoms with Crippen LogP contribution >= 0.6 is 0 Å². The molecule has 10 heteroatoms. The van der Waals surface area contributed by atoms with Crippen molar-refractivity contribution in [3.63, 3.8) is 0 Å². The van der Waals surface area contributed by atoms with Crippen LogP contribution in [0.5, 0.6) is 5.75 Å². The number of rotatable bonds is 6. The number of hydrogen-bond acceptors (Lipinski definition) is 7. The molecule has 0 aliphatic carbocycles. The van der Waals surface area contributed by atoms with Crippen molar-refractivity contribution in [3.8, 4) is 5.75 Å². The first-order valence-corrected chi connectivity index (χ1v) is 10.8. The second-order valence-corrected chi connectivity index (χ2v) is 8.70. The molecule has 1 saturated heterocycles. The quantitative estimate of drug-likeness (QED) is 0.692. The smallest absolute Gasteiger partial charge is 0.340 e. The number of aromatic nitrogens is 1. The summed E-state index contributed by atoms with van der Waals surface area (Å²) >= 11 is 0. The second-order valence-electron chi connectivity index (χ2n) is 6.76. The zero-order valence-corrected chi connectivity index (χ0v) is 17.5. The molecule has 1 amide bonds. The molecule has 9 nitrogen and oxygen atoms in total. The van der Waals surface area contributed by atoms with Gasteiger partial charge in [0.1, 0.15) is 10.6 Å². The number of methoxy groups -OCH3 is 2. The maximum Gasteiger partial charge on any atom is 0.340 e. The lowest BCUT2D eigenvalue weighted by Crippen LogP contribution is -2.41. The van der Waals surface area contributed by atoms with Crippen LogP contribution < -0.4 is 10.1 Å². The molecule has 0 unspecified atom stereocenters. The third-order valence-corrected chi connectivity index (χ3v) is 6.87. The zero-order chi connectivity index (χ0) is 21.7. The summed E-state index contributed by atoms with van der Waals surface area (Å²) in [6.45, 7) is 0.448. The molecule has 1 aromatic heterocycles. The van der Waals surface area contributed by atoms with Gasteiger partial charge in [-0.2, -0.15) is 4.31 Å². The number of benzene rings is 1. The summed E-state index contributed by atoms with van der Waals surface area (Å²) in [7, 11) is -0.905. The summed E-state index contributed by atoms with van der Waals surface area (Å²) in [6, 6.07) is 7.76. The molecule has 2 aromatic rings. The molecule has 160 valence electrons. The van der Waals surface area contributed by atoms with E-state index in [1.165, 1.54) is 43.1 Å². The highest BCUT2D eigenvalue weighted by Crippen LogP contribution is 2.27. The molecule has 3 rings (SSSR count). The summed E-state index contributed by atoms with van der Waals surface area (Å²) in [5.74, 6) is -0.786. The number of piperidine rings is 1. The van der Waals surface area contributed by atoms with Crippen LogP contribution in [0.25, 0.3) is 0 Å². The van der Waals surface area contributed by atoms with E-state index in [9.17, 15) is 18.0 Å². The largest absolute Gasteiger partial charge is 0.497 e. The van der Waals surface area contributed by atoms with Crippen LogP contribution in [0.4, 0.5) is 5.69 Å². The van der Waals surface area contributed by atoms with E-state index in [1.807, 2.05) is 0 Å². The topological polar surface area (TPSA) is 115 Å². The van der Waals surface area contributed by atoms with Gasteiger partial charge in [0.25, 0.3) is 0 Å². The van der Waals surface area contributed by atoms with Gasteiger partial charge in [-0.05, 0) is 43.2 Å². The normalized spacial score (nSPS) is 15.4. The molecule has 0 atom stereocenters. The van der Waals surface area contributed by atoms with Gasteiger partial charge in [-0.3, -0.25) is 9.78 Å². The van der Waals surface area contributed by atoms with E-state index in [-0.39, 0.29) is 35.4 Å². The van der Waals surface area contributed by atoms with Gasteiger partial charge < -0.3 is 14.8 Å². The van der Waals surface area contributed by atoms with Crippen molar-refractivity contribution < 1.29 is 27.5 Å². The van der Waals surface area contributed by atoms with E-state index in [0.29, 0.717) is 24.3 Å². The Labute approximate surface area is 175 Å². The minimum atomic E-state index is -3.64. The molecule has 1 aromatic carbocycles. The Morgan fingerprint density at radius 2 is 1.90 bits per heavy atom. The molecule has 0 radical (unpaired) electrons. The van der Waals surface area contributed by atoms with E-state index in [1.54, 1.807) is 18.2 Å². The van der Waals surface area contributed by atoms with Gasteiger partial charge in [-0.15, -0.1) is 0 Å². The van der Waals surface area contributed by atoms with Crippen LogP contribution in [-0.4, -0.2) is 56.9 Å². The molecular formula is C20H23N3O6S. The number of carbonyl (C=O) groups excluding carboxylic acids is 2. The van der Waals surface area contributed by atoms with E-state index < -0.39 is 16.0 Å². The Kier molecular flexibility index (Phi) is 6.68.